The van der Waals surface area contributed by atoms with E-state index in [2.05, 4.69) is 20.3 Å². The lowest BCUT2D eigenvalue weighted by atomic mass is 9.89. The largest absolute Gasteiger partial charge is 0.452 e. The Hall–Kier alpha value is -4.28. The van der Waals surface area contributed by atoms with Crippen LogP contribution in [-0.2, 0) is 15.0 Å². The highest BCUT2D eigenvalue weighted by molar-refractivity contribution is 6.03. The molecule has 2 atom stereocenters. The van der Waals surface area contributed by atoms with E-state index in [1.165, 1.54) is 19.2 Å². The number of aromatic nitrogens is 2. The molecule has 0 fully saturated rings. The van der Waals surface area contributed by atoms with Gasteiger partial charge in [0.05, 0.1) is 5.56 Å². The normalized spacial score (nSPS) is 19.5. The molecular weight excluding hydrogens is 512 g/mol. The van der Waals surface area contributed by atoms with Crippen molar-refractivity contribution in [1.29, 1.82) is 5.26 Å². The summed E-state index contributed by atoms with van der Waals surface area (Å²) in [5.74, 6) is -1.93. The van der Waals surface area contributed by atoms with Crippen molar-refractivity contribution in [3.05, 3.63) is 52.7 Å². The Kier molecular flexibility index (Phi) is 7.62. The maximum atomic E-state index is 14.9. The van der Waals surface area contributed by atoms with Crippen LogP contribution in [0.25, 0.3) is 0 Å². The summed E-state index contributed by atoms with van der Waals surface area (Å²) in [7, 11) is 0. The number of alkyl carbamates (subject to hydrolysis) is 1. The molecule has 0 saturated carbocycles. The predicted octanol–water partition coefficient (Wildman–Crippen LogP) is 4.50. The van der Waals surface area contributed by atoms with Crippen molar-refractivity contribution >= 4 is 23.8 Å². The fraction of sp³-hybridized carbons (Fsp3) is 0.417. The number of ether oxygens (including phenoxy) is 2. The number of aryl methyl sites for hydroxylation is 1. The number of hydrogen-bond acceptors (Lipinski definition) is 8. The monoisotopic (exact) mass is 536 g/mol. The number of carbonyl (C=O) groups is 2. The van der Waals surface area contributed by atoms with Gasteiger partial charge in [-0.1, -0.05) is 0 Å². The van der Waals surface area contributed by atoms with E-state index in [1.807, 2.05) is 11.4 Å². The molecule has 14 heteroatoms. The van der Waals surface area contributed by atoms with Crippen molar-refractivity contribution in [3.63, 3.8) is 0 Å². The summed E-state index contributed by atoms with van der Waals surface area (Å²) in [5, 5.41) is 13.4. The van der Waals surface area contributed by atoms with Gasteiger partial charge in [-0.2, -0.15) is 18.4 Å². The second kappa shape index (κ2) is 10.2. The molecule has 0 aromatic carbocycles. The van der Waals surface area contributed by atoms with Gasteiger partial charge in [-0.25, -0.2) is 29.5 Å². The highest BCUT2D eigenvalue weighted by atomic mass is 19.4. The first-order valence-corrected chi connectivity index (χ1v) is 11.2. The van der Waals surface area contributed by atoms with Gasteiger partial charge < -0.3 is 14.8 Å². The Balaban J connectivity index is 1.96. The summed E-state index contributed by atoms with van der Waals surface area (Å²) in [5.41, 5.74) is -2.86. The Morgan fingerprint density at radius 3 is 2.50 bits per heavy atom. The van der Waals surface area contributed by atoms with Gasteiger partial charge in [0.1, 0.15) is 40.2 Å². The average molecular weight is 536 g/mol. The number of aliphatic imine (C=N–C) groups is 1. The zero-order chi connectivity index (χ0) is 28.5. The number of alkyl halides is 3. The number of nitrogens with one attached hydrogen (secondary N) is 2. The third kappa shape index (κ3) is 6.72. The predicted molar refractivity (Wildman–Crippen MR) is 126 cm³/mol. The van der Waals surface area contributed by atoms with Crippen LogP contribution in [-0.4, -0.2) is 45.9 Å². The van der Waals surface area contributed by atoms with E-state index in [4.69, 9.17) is 14.7 Å². The van der Waals surface area contributed by atoms with Crippen molar-refractivity contribution in [1.82, 2.24) is 15.3 Å². The molecule has 2 amide bonds. The minimum absolute atomic E-state index is 0.0343. The average Bonchev–Trinajstić information content (AvgIpc) is 2.77. The lowest BCUT2D eigenvalue weighted by Gasteiger charge is -2.36. The second-order valence-electron chi connectivity index (χ2n) is 9.65. The summed E-state index contributed by atoms with van der Waals surface area (Å²) < 4.78 is 65.9. The molecule has 0 spiro atoms. The number of nitrogens with zero attached hydrogens (tertiary/aromatic N) is 4. The molecule has 2 aromatic heterocycles. The lowest BCUT2D eigenvalue weighted by molar-refractivity contribution is -0.208. The molecule has 3 heterocycles. The number of amides is 2. The van der Waals surface area contributed by atoms with E-state index in [0.717, 1.165) is 12.1 Å². The molecule has 1 aliphatic rings. The Morgan fingerprint density at radius 2 is 1.92 bits per heavy atom. The van der Waals surface area contributed by atoms with Crippen molar-refractivity contribution < 1.29 is 36.6 Å². The molecule has 2 unspecified atom stereocenters. The van der Waals surface area contributed by atoms with Crippen LogP contribution in [0.3, 0.4) is 0 Å². The summed E-state index contributed by atoms with van der Waals surface area (Å²) in [6, 6.07) is 4.53. The molecule has 2 aromatic rings. The van der Waals surface area contributed by atoms with Gasteiger partial charge in [-0.05, 0) is 58.4 Å². The number of halogens is 4. The summed E-state index contributed by atoms with van der Waals surface area (Å²) in [6.07, 6.45) is -8.15. The van der Waals surface area contributed by atoms with E-state index in [1.54, 1.807) is 27.7 Å². The van der Waals surface area contributed by atoms with Crippen molar-refractivity contribution in [2.75, 3.05) is 5.32 Å². The highest BCUT2D eigenvalue weighted by Crippen LogP contribution is 2.40. The molecule has 0 radical (unpaired) electrons. The third-order valence-corrected chi connectivity index (χ3v) is 5.18. The van der Waals surface area contributed by atoms with E-state index < -0.39 is 59.4 Å². The molecule has 1 aliphatic heterocycles. The Morgan fingerprint density at radius 1 is 1.24 bits per heavy atom. The summed E-state index contributed by atoms with van der Waals surface area (Å²) in [6.45, 7) is 7.39. The van der Waals surface area contributed by atoms with Crippen molar-refractivity contribution in [2.45, 2.75) is 64.5 Å². The van der Waals surface area contributed by atoms with E-state index >= 15 is 0 Å². The molecule has 38 heavy (non-hydrogen) atoms. The van der Waals surface area contributed by atoms with Crippen molar-refractivity contribution in [3.8, 4) is 6.07 Å². The standard InChI is InChI=1S/C24H24F4N6O4/c1-12-8-13(10-29)11-30-17(12)19(35)32-16-7-6-14(25)18(31-16)23(5)9-15(24(26,27)28)37-20(34-23)33-21(36)38-22(2,3)4/h6-8,11,15H,9H2,1-5H3,(H,31,32,35)(H,33,34,36). The minimum atomic E-state index is -4.89. The van der Waals surface area contributed by atoms with Crippen LogP contribution >= 0.6 is 0 Å². The summed E-state index contributed by atoms with van der Waals surface area (Å²) in [4.78, 5) is 36.8. The van der Waals surface area contributed by atoms with Gasteiger partial charge >= 0.3 is 12.3 Å². The van der Waals surface area contributed by atoms with E-state index in [0.29, 0.717) is 5.56 Å². The fourth-order valence-corrected chi connectivity index (χ4v) is 3.55. The van der Waals surface area contributed by atoms with Crippen LogP contribution in [0.4, 0.5) is 28.2 Å². The number of amidine groups is 1. The fourth-order valence-electron chi connectivity index (χ4n) is 3.55. The zero-order valence-corrected chi connectivity index (χ0v) is 21.0. The first-order valence-electron chi connectivity index (χ1n) is 11.2. The van der Waals surface area contributed by atoms with Crippen molar-refractivity contribution in [2.24, 2.45) is 4.99 Å². The number of pyridine rings is 2. The third-order valence-electron chi connectivity index (χ3n) is 5.18. The minimum Gasteiger partial charge on any atom is -0.452 e. The Bertz CT molecular complexity index is 1330. The maximum absolute atomic E-state index is 14.9. The van der Waals surface area contributed by atoms with E-state index in [-0.39, 0.29) is 17.1 Å². The lowest BCUT2D eigenvalue weighted by Crippen LogP contribution is -2.49. The smallest absolute Gasteiger partial charge is 0.425 e. The summed E-state index contributed by atoms with van der Waals surface area (Å²) >= 11 is 0. The molecule has 0 saturated heterocycles. The number of nitriles is 1. The van der Waals surface area contributed by atoms with Gasteiger partial charge in [0.25, 0.3) is 11.9 Å². The van der Waals surface area contributed by atoms with Gasteiger partial charge in [-0.15, -0.1) is 0 Å². The highest BCUT2D eigenvalue weighted by Gasteiger charge is 2.51. The van der Waals surface area contributed by atoms with Crippen LogP contribution in [0.1, 0.15) is 61.4 Å². The zero-order valence-electron chi connectivity index (χ0n) is 21.0. The molecule has 202 valence electrons. The van der Waals surface area contributed by atoms with Gasteiger partial charge in [0, 0.05) is 12.6 Å². The first kappa shape index (κ1) is 28.3. The van der Waals surface area contributed by atoms with Crippen LogP contribution in [0.15, 0.2) is 29.4 Å². The number of rotatable bonds is 3. The first-order chi connectivity index (χ1) is 17.5. The number of anilines is 1. The van der Waals surface area contributed by atoms with Gasteiger partial charge in [0.15, 0.2) is 6.10 Å². The molecule has 0 bridgehead atoms. The molecule has 0 aliphatic carbocycles. The Labute approximate surface area is 215 Å². The van der Waals surface area contributed by atoms with Crippen LogP contribution in [0.5, 0.6) is 0 Å². The van der Waals surface area contributed by atoms with E-state index in [9.17, 15) is 27.2 Å². The van der Waals surface area contributed by atoms with Crippen LogP contribution in [0, 0.1) is 24.1 Å². The molecule has 3 rings (SSSR count). The maximum Gasteiger partial charge on any atom is 0.425 e. The second-order valence-corrected chi connectivity index (χ2v) is 9.65. The van der Waals surface area contributed by atoms with Gasteiger partial charge in [0.2, 0.25) is 0 Å². The number of carbonyl (C=O) groups excluding carboxylic acids is 2. The van der Waals surface area contributed by atoms with Gasteiger partial charge in [-0.3, -0.25) is 4.79 Å². The molecular formula is C24H24F4N6O4. The topological polar surface area (TPSA) is 139 Å². The quantitative estimate of drug-likeness (QED) is 0.551. The van der Waals surface area contributed by atoms with Crippen LogP contribution < -0.4 is 10.6 Å². The molecule has 2 N–H and O–H groups in total. The van der Waals surface area contributed by atoms with Crippen LogP contribution in [0.2, 0.25) is 0 Å². The molecule has 10 nitrogen and oxygen atoms in total. The number of hydrogen-bond donors (Lipinski definition) is 2. The SMILES string of the molecule is Cc1cc(C#N)cnc1C(=O)Nc1ccc(F)c(C2(C)CC(C(F)(F)F)OC(NC(=O)OC(C)(C)C)=N2)n1.